The predicted molar refractivity (Wildman–Crippen MR) is 114 cm³/mol. The van der Waals surface area contributed by atoms with Crippen LogP contribution in [0.1, 0.15) is 46.9 Å². The summed E-state index contributed by atoms with van der Waals surface area (Å²) in [5, 5.41) is 2.85. The van der Waals surface area contributed by atoms with Crippen molar-refractivity contribution in [3.8, 4) is 0 Å². The summed E-state index contributed by atoms with van der Waals surface area (Å²) in [6.45, 7) is 4.22. The van der Waals surface area contributed by atoms with Crippen molar-refractivity contribution in [2.75, 3.05) is 24.5 Å². The van der Waals surface area contributed by atoms with E-state index in [4.69, 9.17) is 0 Å². The summed E-state index contributed by atoms with van der Waals surface area (Å²) >= 11 is 0. The van der Waals surface area contributed by atoms with E-state index in [1.807, 2.05) is 18.2 Å². The first-order chi connectivity index (χ1) is 14.4. The molecule has 0 bridgehead atoms. The molecule has 30 heavy (non-hydrogen) atoms. The maximum Gasteiger partial charge on any atom is 0.269 e. The molecule has 1 heterocycles. The van der Waals surface area contributed by atoms with Crippen LogP contribution in [0.4, 0.5) is 5.69 Å². The second-order valence-corrected chi connectivity index (χ2v) is 9.36. The molecule has 2 aliphatic rings. The number of nitrogens with one attached hydrogen (secondary N) is 1. The predicted octanol–water partition coefficient (Wildman–Crippen LogP) is 2.64. The summed E-state index contributed by atoms with van der Waals surface area (Å²) in [7, 11) is -3.86. The molecule has 0 unspecified atom stereocenters. The topological polar surface area (TPSA) is 86.8 Å². The van der Waals surface area contributed by atoms with E-state index < -0.39 is 15.9 Å². The number of fused-ring (bicyclic) bond motifs is 1. The first-order valence-corrected chi connectivity index (χ1v) is 11.7. The number of nitrogens with zero attached hydrogens (tertiary/aromatic N) is 2. The molecule has 2 aromatic rings. The molecule has 0 radical (unpaired) electrons. The number of carbonyl (C=O) groups is 2. The molecule has 1 fully saturated rings. The molecule has 7 nitrogen and oxygen atoms in total. The van der Waals surface area contributed by atoms with Crippen LogP contribution in [-0.2, 0) is 10.0 Å². The van der Waals surface area contributed by atoms with Gasteiger partial charge in [-0.15, -0.1) is 0 Å². The summed E-state index contributed by atoms with van der Waals surface area (Å²) in [6, 6.07) is 14.1. The van der Waals surface area contributed by atoms with Crippen LogP contribution < -0.4 is 10.2 Å². The van der Waals surface area contributed by atoms with Crippen LogP contribution in [0.3, 0.4) is 0 Å². The third-order valence-electron chi connectivity index (χ3n) is 5.48. The quantitative estimate of drug-likeness (QED) is 0.655. The van der Waals surface area contributed by atoms with Gasteiger partial charge >= 0.3 is 0 Å². The summed E-state index contributed by atoms with van der Waals surface area (Å²) in [5.41, 5.74) is 1.54. The minimum absolute atomic E-state index is 0.0618. The van der Waals surface area contributed by atoms with Gasteiger partial charge in [-0.3, -0.25) is 9.59 Å². The Kier molecular flexibility index (Phi) is 5.51. The Morgan fingerprint density at radius 2 is 1.90 bits per heavy atom. The maximum atomic E-state index is 12.7. The van der Waals surface area contributed by atoms with Crippen molar-refractivity contribution in [3.63, 3.8) is 0 Å². The van der Waals surface area contributed by atoms with E-state index >= 15 is 0 Å². The van der Waals surface area contributed by atoms with Crippen molar-refractivity contribution in [1.82, 2.24) is 9.62 Å². The minimum Gasteiger partial charge on any atom is -0.372 e. The first kappa shape index (κ1) is 20.4. The van der Waals surface area contributed by atoms with E-state index in [1.165, 1.54) is 18.2 Å². The van der Waals surface area contributed by atoms with Gasteiger partial charge in [0, 0.05) is 36.9 Å². The van der Waals surface area contributed by atoms with Gasteiger partial charge in [0.2, 0.25) is 0 Å². The second kappa shape index (κ2) is 8.10. The lowest BCUT2D eigenvalue weighted by molar-refractivity contribution is 0.0863. The van der Waals surface area contributed by atoms with E-state index in [1.54, 1.807) is 0 Å². The van der Waals surface area contributed by atoms with Gasteiger partial charge in [0.05, 0.1) is 5.56 Å². The lowest BCUT2D eigenvalue weighted by atomic mass is 10.1. The van der Waals surface area contributed by atoms with Gasteiger partial charge in [-0.2, -0.15) is 0 Å². The Bertz CT molecular complexity index is 1070. The van der Waals surface area contributed by atoms with Crippen LogP contribution in [-0.4, -0.2) is 50.2 Å². The van der Waals surface area contributed by atoms with Gasteiger partial charge < -0.3 is 10.2 Å². The Morgan fingerprint density at radius 3 is 2.57 bits per heavy atom. The smallest absolute Gasteiger partial charge is 0.269 e. The van der Waals surface area contributed by atoms with Crippen molar-refractivity contribution in [1.29, 1.82) is 0 Å². The molecule has 2 amide bonds. The van der Waals surface area contributed by atoms with E-state index in [-0.39, 0.29) is 28.0 Å². The summed E-state index contributed by atoms with van der Waals surface area (Å²) < 4.78 is 26.4. The fourth-order valence-electron chi connectivity index (χ4n) is 3.74. The number of benzene rings is 2. The number of hydrogen-bond acceptors (Lipinski definition) is 5. The lowest BCUT2D eigenvalue weighted by Gasteiger charge is -2.23. The minimum atomic E-state index is -3.86. The molecule has 0 spiro atoms. The number of sulfonamides is 1. The normalized spacial score (nSPS) is 17.0. The molecule has 1 N–H and O–H groups in total. The number of carbonyl (C=O) groups excluding carboxylic acids is 2. The van der Waals surface area contributed by atoms with E-state index in [0.717, 1.165) is 29.5 Å². The highest BCUT2D eigenvalue weighted by Gasteiger charge is 2.48. The van der Waals surface area contributed by atoms with Gasteiger partial charge in [0.1, 0.15) is 4.90 Å². The largest absolute Gasteiger partial charge is 0.372 e. The van der Waals surface area contributed by atoms with Crippen molar-refractivity contribution in [2.45, 2.75) is 37.1 Å². The van der Waals surface area contributed by atoms with E-state index in [0.29, 0.717) is 19.4 Å². The molecule has 1 aliphatic carbocycles. The SMILES string of the molecule is CCN(CCCNC(=O)c1ccc2c(c1)S(=O)(=O)N(C1CC1)C2=O)c1ccccc1. The summed E-state index contributed by atoms with van der Waals surface area (Å²) in [6.07, 6.45) is 2.15. The molecule has 0 atom stereocenters. The molecule has 158 valence electrons. The van der Waals surface area contributed by atoms with Gasteiger partial charge in [-0.05, 0) is 56.5 Å². The maximum absolute atomic E-state index is 12.7. The number of rotatable bonds is 8. The van der Waals surface area contributed by atoms with Crippen LogP contribution in [0, 0.1) is 0 Å². The van der Waals surface area contributed by atoms with Gasteiger partial charge in [-0.25, -0.2) is 12.7 Å². The number of para-hydroxylation sites is 1. The molecule has 1 saturated carbocycles. The monoisotopic (exact) mass is 427 g/mol. The highest BCUT2D eigenvalue weighted by atomic mass is 32.2. The van der Waals surface area contributed by atoms with Crippen molar-refractivity contribution in [3.05, 3.63) is 59.7 Å². The van der Waals surface area contributed by atoms with Crippen molar-refractivity contribution >= 4 is 27.5 Å². The fraction of sp³-hybridized carbons (Fsp3) is 0.364. The average molecular weight is 428 g/mol. The molecule has 4 rings (SSSR count). The Balaban J connectivity index is 1.37. The molecule has 0 saturated heterocycles. The third kappa shape index (κ3) is 3.79. The zero-order chi connectivity index (χ0) is 21.3. The molecule has 8 heteroatoms. The summed E-state index contributed by atoms with van der Waals surface area (Å²) in [4.78, 5) is 27.1. The standard InChI is InChI=1S/C22H25N3O4S/c1-2-24(17-7-4-3-5-8-17)14-6-13-23-21(26)16-9-12-19-20(15-16)30(28,29)25(22(19)27)18-10-11-18/h3-5,7-9,12,15,18H,2,6,10-11,13-14H2,1H3,(H,23,26). The Labute approximate surface area is 176 Å². The molecular formula is C22H25N3O4S. The molecule has 1 aliphatic heterocycles. The van der Waals surface area contributed by atoms with Crippen LogP contribution in [0.15, 0.2) is 53.4 Å². The molecule has 0 aromatic heterocycles. The van der Waals surface area contributed by atoms with Crippen LogP contribution in [0.25, 0.3) is 0 Å². The zero-order valence-electron chi connectivity index (χ0n) is 16.9. The van der Waals surface area contributed by atoms with Gasteiger partial charge in [-0.1, -0.05) is 18.2 Å². The van der Waals surface area contributed by atoms with Crippen molar-refractivity contribution < 1.29 is 18.0 Å². The van der Waals surface area contributed by atoms with E-state index in [2.05, 4.69) is 29.3 Å². The number of hydrogen-bond donors (Lipinski definition) is 1. The molecule has 2 aromatic carbocycles. The first-order valence-electron chi connectivity index (χ1n) is 10.2. The van der Waals surface area contributed by atoms with E-state index in [9.17, 15) is 18.0 Å². The lowest BCUT2D eigenvalue weighted by Crippen LogP contribution is -2.32. The number of amides is 2. The van der Waals surface area contributed by atoms with Crippen molar-refractivity contribution in [2.24, 2.45) is 0 Å². The Hall–Kier alpha value is -2.87. The van der Waals surface area contributed by atoms with Crippen LogP contribution in [0.5, 0.6) is 0 Å². The highest BCUT2D eigenvalue weighted by Crippen LogP contribution is 2.39. The Morgan fingerprint density at radius 1 is 1.17 bits per heavy atom. The zero-order valence-corrected chi connectivity index (χ0v) is 17.7. The summed E-state index contributed by atoms with van der Waals surface area (Å²) in [5.74, 6) is -0.826. The highest BCUT2D eigenvalue weighted by molar-refractivity contribution is 7.90. The third-order valence-corrected chi connectivity index (χ3v) is 7.36. The number of anilines is 1. The van der Waals surface area contributed by atoms with Crippen LogP contribution in [0.2, 0.25) is 0 Å². The molecular weight excluding hydrogens is 402 g/mol. The van der Waals surface area contributed by atoms with Gasteiger partial charge in [0.25, 0.3) is 21.8 Å². The fourth-order valence-corrected chi connectivity index (χ4v) is 5.58. The average Bonchev–Trinajstić information content (AvgIpc) is 3.55. The van der Waals surface area contributed by atoms with Gasteiger partial charge in [0.15, 0.2) is 0 Å². The van der Waals surface area contributed by atoms with Crippen LogP contribution >= 0.6 is 0 Å². The second-order valence-electron chi connectivity index (χ2n) is 7.57.